The number of rotatable bonds is 6. The van der Waals surface area contributed by atoms with Crippen LogP contribution in [0, 0.1) is 0 Å². The summed E-state index contributed by atoms with van der Waals surface area (Å²) in [6, 6.07) is 10.5. The van der Waals surface area contributed by atoms with Gasteiger partial charge in [-0.2, -0.15) is 8.78 Å². The average Bonchev–Trinajstić information content (AvgIpc) is 2.54. The monoisotopic (exact) mass is 336 g/mol. The molecule has 0 saturated carbocycles. The van der Waals surface area contributed by atoms with Crippen molar-refractivity contribution in [3.63, 3.8) is 0 Å². The first kappa shape index (κ1) is 17.4. The van der Waals surface area contributed by atoms with Crippen molar-refractivity contribution >= 4 is 11.8 Å². The number of benzene rings is 2. The van der Waals surface area contributed by atoms with E-state index in [1.54, 1.807) is 0 Å². The van der Waals surface area contributed by atoms with Gasteiger partial charge in [0.1, 0.15) is 11.5 Å². The minimum atomic E-state index is -2.95. The summed E-state index contributed by atoms with van der Waals surface area (Å²) in [5.41, 5.74) is 0.385. The van der Waals surface area contributed by atoms with Crippen LogP contribution in [0.1, 0.15) is 27.6 Å². The van der Waals surface area contributed by atoms with Crippen LogP contribution in [0.5, 0.6) is 11.5 Å². The van der Waals surface area contributed by atoms with Gasteiger partial charge in [-0.1, -0.05) is 0 Å². The van der Waals surface area contributed by atoms with Crippen molar-refractivity contribution in [1.29, 1.82) is 0 Å². The number of ketones is 1. The molecule has 0 radical (unpaired) electrons. The summed E-state index contributed by atoms with van der Waals surface area (Å²) in [6.07, 6.45) is -1.06. The Morgan fingerprint density at radius 2 is 1.50 bits per heavy atom. The van der Waals surface area contributed by atoms with E-state index in [9.17, 15) is 23.5 Å². The third-order valence-corrected chi connectivity index (χ3v) is 3.12. The maximum atomic E-state index is 12.2. The van der Waals surface area contributed by atoms with Gasteiger partial charge in [-0.05, 0) is 55.5 Å². The minimum Gasteiger partial charge on any atom is -0.508 e. The standard InChI is InChI=1S/C17H14F2O5/c1-10(23-16(22)12-2-6-13(20)7-3-12)15(21)11-4-8-14(9-5-11)24-17(18)19/h2-10,17,20H,1H3/t10-/m1/s1. The van der Waals surface area contributed by atoms with Gasteiger partial charge in [-0.15, -0.1) is 0 Å². The Morgan fingerprint density at radius 3 is 2.04 bits per heavy atom. The van der Waals surface area contributed by atoms with E-state index in [1.807, 2.05) is 0 Å². The molecule has 2 rings (SSSR count). The normalized spacial score (nSPS) is 11.8. The topological polar surface area (TPSA) is 72.8 Å². The molecule has 2 aromatic rings. The first-order chi connectivity index (χ1) is 11.4. The van der Waals surface area contributed by atoms with Crippen LogP contribution in [0.15, 0.2) is 48.5 Å². The molecule has 2 aromatic carbocycles. The first-order valence-corrected chi connectivity index (χ1v) is 6.96. The third-order valence-electron chi connectivity index (χ3n) is 3.12. The van der Waals surface area contributed by atoms with Gasteiger partial charge < -0.3 is 14.6 Å². The van der Waals surface area contributed by atoms with Gasteiger partial charge in [-0.25, -0.2) is 4.79 Å². The van der Waals surface area contributed by atoms with E-state index in [2.05, 4.69) is 4.74 Å². The van der Waals surface area contributed by atoms with Gasteiger partial charge in [0.05, 0.1) is 5.56 Å². The van der Waals surface area contributed by atoms with Crippen LogP contribution in [0.3, 0.4) is 0 Å². The molecule has 0 unspecified atom stereocenters. The van der Waals surface area contributed by atoms with Crippen LogP contribution in [0.2, 0.25) is 0 Å². The molecule has 7 heteroatoms. The van der Waals surface area contributed by atoms with Gasteiger partial charge in [0, 0.05) is 5.56 Å². The predicted octanol–water partition coefficient (Wildman–Crippen LogP) is 3.42. The highest BCUT2D eigenvalue weighted by molar-refractivity contribution is 6.01. The lowest BCUT2D eigenvalue weighted by Crippen LogP contribution is -2.24. The molecule has 0 spiro atoms. The van der Waals surface area contributed by atoms with Crippen LogP contribution >= 0.6 is 0 Å². The van der Waals surface area contributed by atoms with E-state index < -0.39 is 24.5 Å². The Bertz CT molecular complexity index is 711. The Morgan fingerprint density at radius 1 is 0.958 bits per heavy atom. The molecular formula is C17H14F2O5. The molecule has 0 amide bonds. The molecular weight excluding hydrogens is 322 g/mol. The maximum absolute atomic E-state index is 12.2. The maximum Gasteiger partial charge on any atom is 0.387 e. The van der Waals surface area contributed by atoms with Crippen molar-refractivity contribution in [3.05, 3.63) is 59.7 Å². The van der Waals surface area contributed by atoms with E-state index in [1.165, 1.54) is 55.5 Å². The second-order valence-corrected chi connectivity index (χ2v) is 4.86. The SMILES string of the molecule is C[C@@H](OC(=O)c1ccc(O)cc1)C(=O)c1ccc(OC(F)F)cc1. The van der Waals surface area contributed by atoms with Crippen molar-refractivity contribution in [2.24, 2.45) is 0 Å². The van der Waals surface area contributed by atoms with E-state index >= 15 is 0 Å². The van der Waals surface area contributed by atoms with Gasteiger partial charge in [0.2, 0.25) is 5.78 Å². The van der Waals surface area contributed by atoms with Crippen molar-refractivity contribution in [2.75, 3.05) is 0 Å². The summed E-state index contributed by atoms with van der Waals surface area (Å²) in [6.45, 7) is -1.54. The lowest BCUT2D eigenvalue weighted by Gasteiger charge is -2.13. The van der Waals surface area contributed by atoms with Crippen LogP contribution in [0.4, 0.5) is 8.78 Å². The van der Waals surface area contributed by atoms with Crippen molar-refractivity contribution in [1.82, 2.24) is 0 Å². The Balaban J connectivity index is 2.01. The Labute approximate surface area is 136 Å². The predicted molar refractivity (Wildman–Crippen MR) is 80.4 cm³/mol. The molecule has 1 N–H and O–H groups in total. The Kier molecular flexibility index (Phi) is 5.47. The smallest absolute Gasteiger partial charge is 0.387 e. The van der Waals surface area contributed by atoms with E-state index in [0.29, 0.717) is 0 Å². The van der Waals surface area contributed by atoms with Crippen LogP contribution in [-0.4, -0.2) is 29.6 Å². The van der Waals surface area contributed by atoms with E-state index in [0.717, 1.165) is 0 Å². The number of phenolic OH excluding ortho intramolecular Hbond substituents is 1. The fourth-order valence-corrected chi connectivity index (χ4v) is 1.91. The van der Waals surface area contributed by atoms with Crippen molar-refractivity contribution < 1.29 is 33.0 Å². The number of carbonyl (C=O) groups excluding carboxylic acids is 2. The fraction of sp³-hybridized carbons (Fsp3) is 0.176. The summed E-state index contributed by atoms with van der Waals surface area (Å²) >= 11 is 0. The average molecular weight is 336 g/mol. The molecule has 0 heterocycles. The second-order valence-electron chi connectivity index (χ2n) is 4.86. The second kappa shape index (κ2) is 7.54. The molecule has 0 aliphatic carbocycles. The molecule has 5 nitrogen and oxygen atoms in total. The zero-order chi connectivity index (χ0) is 17.7. The van der Waals surface area contributed by atoms with Crippen molar-refractivity contribution in [2.45, 2.75) is 19.6 Å². The number of ether oxygens (including phenoxy) is 2. The summed E-state index contributed by atoms with van der Waals surface area (Å²) in [4.78, 5) is 24.1. The van der Waals surface area contributed by atoms with Crippen molar-refractivity contribution in [3.8, 4) is 11.5 Å². The van der Waals surface area contributed by atoms with Crippen LogP contribution < -0.4 is 4.74 Å². The zero-order valence-electron chi connectivity index (χ0n) is 12.6. The number of phenols is 1. The highest BCUT2D eigenvalue weighted by Gasteiger charge is 2.20. The van der Waals surface area contributed by atoms with Gasteiger partial charge in [0.25, 0.3) is 0 Å². The molecule has 126 valence electrons. The summed E-state index contributed by atoms with van der Waals surface area (Å²) in [5.74, 6) is -1.27. The summed E-state index contributed by atoms with van der Waals surface area (Å²) in [7, 11) is 0. The molecule has 1 atom stereocenters. The quantitative estimate of drug-likeness (QED) is 0.646. The van der Waals surface area contributed by atoms with Crippen LogP contribution in [0.25, 0.3) is 0 Å². The molecule has 0 aromatic heterocycles. The summed E-state index contributed by atoms with van der Waals surface area (Å²) < 4.78 is 33.4. The molecule has 24 heavy (non-hydrogen) atoms. The van der Waals surface area contributed by atoms with E-state index in [-0.39, 0.29) is 22.6 Å². The molecule has 0 fully saturated rings. The number of carbonyl (C=O) groups is 2. The number of esters is 1. The molecule has 0 aliphatic heterocycles. The van der Waals surface area contributed by atoms with Crippen LogP contribution in [-0.2, 0) is 4.74 Å². The van der Waals surface area contributed by atoms with E-state index in [4.69, 9.17) is 4.74 Å². The number of aromatic hydroxyl groups is 1. The molecule has 0 bridgehead atoms. The molecule has 0 saturated heterocycles. The highest BCUT2D eigenvalue weighted by Crippen LogP contribution is 2.17. The largest absolute Gasteiger partial charge is 0.508 e. The van der Waals surface area contributed by atoms with Gasteiger partial charge in [0.15, 0.2) is 6.10 Å². The highest BCUT2D eigenvalue weighted by atomic mass is 19.3. The number of alkyl halides is 2. The lowest BCUT2D eigenvalue weighted by atomic mass is 10.1. The zero-order valence-corrected chi connectivity index (χ0v) is 12.6. The first-order valence-electron chi connectivity index (χ1n) is 6.96. The van der Waals surface area contributed by atoms with Gasteiger partial charge >= 0.3 is 12.6 Å². The number of hydrogen-bond donors (Lipinski definition) is 1. The minimum absolute atomic E-state index is 0.00165. The molecule has 0 aliphatic rings. The fourth-order valence-electron chi connectivity index (χ4n) is 1.91. The number of Topliss-reactive ketones (excluding diaryl/α,β-unsaturated/α-hetero) is 1. The third kappa shape index (κ3) is 4.52. The number of hydrogen-bond acceptors (Lipinski definition) is 5. The summed E-state index contributed by atoms with van der Waals surface area (Å²) in [5, 5.41) is 9.17. The number of halogens is 2. The van der Waals surface area contributed by atoms with Gasteiger partial charge in [-0.3, -0.25) is 4.79 Å². The Hall–Kier alpha value is -2.96. The lowest BCUT2D eigenvalue weighted by molar-refractivity contribution is -0.0498.